The van der Waals surface area contributed by atoms with Crippen LogP contribution in [0.5, 0.6) is 17.2 Å². The Labute approximate surface area is 114 Å². The molecular formula is C15H10O5. The lowest BCUT2D eigenvalue weighted by molar-refractivity contribution is -0.122. The Kier molecular flexibility index (Phi) is 2.68. The maximum Gasteiger partial charge on any atom is 0.248 e. The fourth-order valence-corrected chi connectivity index (χ4v) is 2.10. The van der Waals surface area contributed by atoms with Crippen LogP contribution in [0.4, 0.5) is 0 Å². The number of benzene rings is 2. The number of hydrogen-bond donors (Lipinski definition) is 2. The second-order valence-corrected chi connectivity index (χ2v) is 4.46. The summed E-state index contributed by atoms with van der Waals surface area (Å²) in [5, 5.41) is 18.7. The molecule has 0 bridgehead atoms. The molecule has 1 unspecified atom stereocenters. The fourth-order valence-electron chi connectivity index (χ4n) is 2.10. The molecule has 0 radical (unpaired) electrons. The van der Waals surface area contributed by atoms with Crippen molar-refractivity contribution < 1.29 is 24.5 Å². The summed E-state index contributed by atoms with van der Waals surface area (Å²) >= 11 is 0. The van der Waals surface area contributed by atoms with E-state index in [4.69, 9.17) is 4.74 Å². The number of aromatic hydroxyl groups is 2. The minimum Gasteiger partial charge on any atom is -0.508 e. The van der Waals surface area contributed by atoms with E-state index in [1.54, 1.807) is 0 Å². The Hall–Kier alpha value is -2.82. The first-order valence-corrected chi connectivity index (χ1v) is 5.93. The van der Waals surface area contributed by atoms with E-state index < -0.39 is 17.7 Å². The van der Waals surface area contributed by atoms with Gasteiger partial charge in [0, 0.05) is 11.6 Å². The SMILES string of the molecule is O=C1C(=O)C(c2ccc(O)cc2)Oc2cc(O)ccc21. The molecule has 20 heavy (non-hydrogen) atoms. The smallest absolute Gasteiger partial charge is 0.248 e. The second-order valence-electron chi connectivity index (χ2n) is 4.46. The molecular weight excluding hydrogens is 260 g/mol. The molecule has 0 fully saturated rings. The van der Waals surface area contributed by atoms with Crippen molar-refractivity contribution in [3.05, 3.63) is 53.6 Å². The highest BCUT2D eigenvalue weighted by atomic mass is 16.5. The minimum atomic E-state index is -1.06. The molecule has 2 aromatic carbocycles. The molecule has 0 aliphatic carbocycles. The van der Waals surface area contributed by atoms with Crippen molar-refractivity contribution in [3.63, 3.8) is 0 Å². The van der Waals surface area contributed by atoms with Crippen molar-refractivity contribution in [1.82, 2.24) is 0 Å². The second kappa shape index (κ2) is 4.38. The third-order valence-electron chi connectivity index (χ3n) is 3.11. The standard InChI is InChI=1S/C15H10O5/c16-9-3-1-8(2-4-9)15-14(19)13(18)11-6-5-10(17)7-12(11)20-15/h1-7,15-17H. The zero-order chi connectivity index (χ0) is 14.3. The van der Waals surface area contributed by atoms with Gasteiger partial charge in [0.1, 0.15) is 17.2 Å². The van der Waals surface area contributed by atoms with Gasteiger partial charge in [0.15, 0.2) is 6.10 Å². The van der Waals surface area contributed by atoms with Crippen molar-refractivity contribution in [2.75, 3.05) is 0 Å². The van der Waals surface area contributed by atoms with Crippen LogP contribution in [0.3, 0.4) is 0 Å². The van der Waals surface area contributed by atoms with Gasteiger partial charge in [-0.3, -0.25) is 9.59 Å². The number of ether oxygens (including phenoxy) is 1. The van der Waals surface area contributed by atoms with Crippen molar-refractivity contribution in [2.45, 2.75) is 6.10 Å². The molecule has 100 valence electrons. The number of hydrogen-bond acceptors (Lipinski definition) is 5. The van der Waals surface area contributed by atoms with Crippen LogP contribution >= 0.6 is 0 Å². The first-order valence-electron chi connectivity index (χ1n) is 5.93. The Morgan fingerprint density at radius 3 is 2.25 bits per heavy atom. The van der Waals surface area contributed by atoms with Gasteiger partial charge in [-0.05, 0) is 24.3 Å². The summed E-state index contributed by atoms with van der Waals surface area (Å²) < 4.78 is 5.51. The van der Waals surface area contributed by atoms with Crippen LogP contribution in [-0.4, -0.2) is 21.8 Å². The number of fused-ring (bicyclic) bond motifs is 1. The maximum absolute atomic E-state index is 12.1. The van der Waals surface area contributed by atoms with Gasteiger partial charge in [0.25, 0.3) is 0 Å². The summed E-state index contributed by atoms with van der Waals surface area (Å²) in [5.41, 5.74) is 0.609. The zero-order valence-corrected chi connectivity index (χ0v) is 10.2. The predicted octanol–water partition coefficient (Wildman–Crippen LogP) is 1.98. The van der Waals surface area contributed by atoms with Crippen LogP contribution in [-0.2, 0) is 4.79 Å². The number of ketones is 2. The largest absolute Gasteiger partial charge is 0.508 e. The van der Waals surface area contributed by atoms with Gasteiger partial charge in [-0.25, -0.2) is 0 Å². The van der Waals surface area contributed by atoms with Crippen LogP contribution in [0.1, 0.15) is 22.0 Å². The van der Waals surface area contributed by atoms with E-state index in [-0.39, 0.29) is 22.8 Å². The quantitative estimate of drug-likeness (QED) is 0.774. The van der Waals surface area contributed by atoms with Crippen molar-refractivity contribution in [3.8, 4) is 17.2 Å². The Bertz CT molecular complexity index is 703. The van der Waals surface area contributed by atoms with Gasteiger partial charge in [0.2, 0.25) is 11.6 Å². The van der Waals surface area contributed by atoms with Crippen LogP contribution in [0, 0.1) is 0 Å². The summed E-state index contributed by atoms with van der Waals surface area (Å²) in [4.78, 5) is 24.1. The third-order valence-corrected chi connectivity index (χ3v) is 3.11. The molecule has 1 atom stereocenters. The molecule has 0 saturated heterocycles. The zero-order valence-electron chi connectivity index (χ0n) is 10.2. The van der Waals surface area contributed by atoms with Crippen LogP contribution in [0.15, 0.2) is 42.5 Å². The van der Waals surface area contributed by atoms with E-state index in [9.17, 15) is 19.8 Å². The summed E-state index contributed by atoms with van der Waals surface area (Å²) in [5.74, 6) is -1.14. The lowest BCUT2D eigenvalue weighted by atomic mass is 9.95. The number of Topliss-reactive ketones (excluding diaryl/α,β-unsaturated/α-hetero) is 2. The van der Waals surface area contributed by atoms with E-state index in [0.717, 1.165) is 0 Å². The normalized spacial score (nSPS) is 17.5. The maximum atomic E-state index is 12.1. The summed E-state index contributed by atoms with van der Waals surface area (Å²) in [6.07, 6.45) is -1.06. The fraction of sp³-hybridized carbons (Fsp3) is 0.0667. The van der Waals surface area contributed by atoms with Crippen molar-refractivity contribution in [2.24, 2.45) is 0 Å². The highest BCUT2D eigenvalue weighted by molar-refractivity contribution is 6.46. The first kappa shape index (κ1) is 12.2. The number of carbonyl (C=O) groups is 2. The van der Waals surface area contributed by atoms with Gasteiger partial charge in [-0.15, -0.1) is 0 Å². The van der Waals surface area contributed by atoms with Gasteiger partial charge in [0.05, 0.1) is 5.56 Å². The van der Waals surface area contributed by atoms with Gasteiger partial charge in [-0.1, -0.05) is 12.1 Å². The molecule has 1 aliphatic rings. The lowest BCUT2D eigenvalue weighted by Gasteiger charge is -2.24. The van der Waals surface area contributed by atoms with E-state index >= 15 is 0 Å². The third kappa shape index (κ3) is 1.89. The molecule has 3 rings (SSSR count). The highest BCUT2D eigenvalue weighted by Crippen LogP contribution is 2.35. The predicted molar refractivity (Wildman–Crippen MR) is 68.9 cm³/mol. The van der Waals surface area contributed by atoms with Crippen LogP contribution < -0.4 is 4.74 Å². The molecule has 5 heteroatoms. The number of rotatable bonds is 1. The molecule has 2 aromatic rings. The number of carbonyl (C=O) groups excluding carboxylic acids is 2. The van der Waals surface area contributed by atoms with Gasteiger partial charge < -0.3 is 14.9 Å². The Morgan fingerprint density at radius 2 is 1.55 bits per heavy atom. The number of phenols is 2. The summed E-state index contributed by atoms with van der Waals surface area (Å²) in [6.45, 7) is 0. The van der Waals surface area contributed by atoms with Crippen molar-refractivity contribution in [1.29, 1.82) is 0 Å². The van der Waals surface area contributed by atoms with E-state index in [1.165, 1.54) is 42.5 Å². The molecule has 2 N–H and O–H groups in total. The Balaban J connectivity index is 2.05. The number of phenolic OH excluding ortho intramolecular Hbond substituents is 2. The topological polar surface area (TPSA) is 83.8 Å². The molecule has 0 amide bonds. The molecule has 1 heterocycles. The summed E-state index contributed by atoms with van der Waals surface area (Å²) in [6, 6.07) is 9.83. The highest BCUT2D eigenvalue weighted by Gasteiger charge is 2.36. The van der Waals surface area contributed by atoms with E-state index in [2.05, 4.69) is 0 Å². The average Bonchev–Trinajstić information content (AvgIpc) is 2.44. The Morgan fingerprint density at radius 1 is 0.900 bits per heavy atom. The van der Waals surface area contributed by atoms with Crippen LogP contribution in [0.25, 0.3) is 0 Å². The van der Waals surface area contributed by atoms with E-state index in [1.807, 2.05) is 0 Å². The lowest BCUT2D eigenvalue weighted by Crippen LogP contribution is -2.31. The van der Waals surface area contributed by atoms with Crippen molar-refractivity contribution >= 4 is 11.6 Å². The van der Waals surface area contributed by atoms with Gasteiger partial charge in [-0.2, -0.15) is 0 Å². The van der Waals surface area contributed by atoms with E-state index in [0.29, 0.717) is 5.56 Å². The minimum absolute atomic E-state index is 0.0460. The average molecular weight is 270 g/mol. The molecule has 0 spiro atoms. The van der Waals surface area contributed by atoms with Gasteiger partial charge >= 0.3 is 0 Å². The molecule has 1 aliphatic heterocycles. The monoisotopic (exact) mass is 270 g/mol. The first-order chi connectivity index (χ1) is 9.56. The molecule has 5 nitrogen and oxygen atoms in total. The molecule has 0 aromatic heterocycles. The van der Waals surface area contributed by atoms with Crippen LogP contribution in [0.2, 0.25) is 0 Å². The molecule has 0 saturated carbocycles. The summed E-state index contributed by atoms with van der Waals surface area (Å²) in [7, 11) is 0.